The van der Waals surface area contributed by atoms with E-state index >= 15 is 0 Å². The highest BCUT2D eigenvalue weighted by Crippen LogP contribution is 2.08. The van der Waals surface area contributed by atoms with Gasteiger partial charge >= 0.3 is 0 Å². The maximum atomic E-state index is 10.9. The van der Waals surface area contributed by atoms with Crippen molar-refractivity contribution in [3.63, 3.8) is 0 Å². The summed E-state index contributed by atoms with van der Waals surface area (Å²) < 4.78 is 0.492. The van der Waals surface area contributed by atoms with Crippen LogP contribution < -0.4 is 5.32 Å². The molecule has 0 aliphatic rings. The van der Waals surface area contributed by atoms with Crippen molar-refractivity contribution < 1.29 is 4.79 Å². The van der Waals surface area contributed by atoms with Crippen LogP contribution in [0.2, 0.25) is 0 Å². The van der Waals surface area contributed by atoms with Gasteiger partial charge in [0.1, 0.15) is 0 Å². The third kappa shape index (κ3) is 2.81. The third-order valence-corrected chi connectivity index (χ3v) is 2.15. The molecule has 0 aromatic heterocycles. The minimum atomic E-state index is 0.0412. The number of amides is 1. The summed E-state index contributed by atoms with van der Waals surface area (Å²) in [5.74, 6) is 0.0412. The summed E-state index contributed by atoms with van der Waals surface area (Å²) in [5.41, 5.74) is 2.06. The van der Waals surface area contributed by atoms with E-state index in [4.69, 9.17) is 0 Å². The van der Waals surface area contributed by atoms with E-state index in [0.29, 0.717) is 4.43 Å². The molecule has 1 rings (SSSR count). The number of halogens is 1. The molecule has 0 atom stereocenters. The molecule has 0 spiro atoms. The zero-order valence-corrected chi connectivity index (χ0v) is 8.96. The first-order chi connectivity index (χ1) is 5.72. The van der Waals surface area contributed by atoms with Crippen LogP contribution in [0.25, 0.3) is 0 Å². The molecular formula is C9H10INO. The minimum Gasteiger partial charge on any atom is -0.325 e. The maximum Gasteiger partial charge on any atom is 0.234 e. The quantitative estimate of drug-likeness (QED) is 0.651. The summed E-state index contributed by atoms with van der Waals surface area (Å²) in [7, 11) is 0. The second kappa shape index (κ2) is 4.45. The zero-order valence-electron chi connectivity index (χ0n) is 6.80. The molecule has 0 heterocycles. The molecule has 1 N–H and O–H groups in total. The number of aryl methyl sites for hydroxylation is 1. The number of hydrogen-bond acceptors (Lipinski definition) is 1. The van der Waals surface area contributed by atoms with E-state index in [1.54, 1.807) is 0 Å². The second-order valence-corrected chi connectivity index (χ2v) is 3.31. The molecule has 1 aromatic carbocycles. The van der Waals surface area contributed by atoms with Crippen molar-refractivity contribution in [2.75, 3.05) is 9.74 Å². The molecule has 1 amide bonds. The monoisotopic (exact) mass is 275 g/mol. The van der Waals surface area contributed by atoms with Crippen LogP contribution in [0.15, 0.2) is 24.3 Å². The van der Waals surface area contributed by atoms with Gasteiger partial charge in [-0.25, -0.2) is 0 Å². The lowest BCUT2D eigenvalue weighted by molar-refractivity contribution is -0.113. The summed E-state index contributed by atoms with van der Waals surface area (Å²) in [6, 6.07) is 7.75. The standard InChI is InChI=1S/C9H10INO/c1-7-2-4-8(5-3-7)11-9(12)6-10/h2-5H,6H2,1H3,(H,11,12). The number of hydrogen-bond donors (Lipinski definition) is 1. The van der Waals surface area contributed by atoms with Crippen molar-refractivity contribution in [1.29, 1.82) is 0 Å². The Morgan fingerprint density at radius 2 is 2.00 bits per heavy atom. The SMILES string of the molecule is Cc1ccc(NC(=O)CI)cc1. The summed E-state index contributed by atoms with van der Waals surface area (Å²) in [4.78, 5) is 10.9. The van der Waals surface area contributed by atoms with E-state index in [9.17, 15) is 4.79 Å². The Bertz CT molecular complexity index is 268. The number of alkyl halides is 1. The lowest BCUT2D eigenvalue weighted by Crippen LogP contribution is -2.11. The molecule has 0 aliphatic heterocycles. The van der Waals surface area contributed by atoms with Crippen molar-refractivity contribution in [3.05, 3.63) is 29.8 Å². The van der Waals surface area contributed by atoms with Crippen molar-refractivity contribution in [1.82, 2.24) is 0 Å². The highest BCUT2D eigenvalue weighted by Gasteiger charge is 1.97. The van der Waals surface area contributed by atoms with Crippen molar-refractivity contribution >= 4 is 34.2 Å². The van der Waals surface area contributed by atoms with E-state index in [1.807, 2.05) is 53.8 Å². The average Bonchev–Trinajstić information content (AvgIpc) is 2.09. The molecule has 0 unspecified atom stereocenters. The Kier molecular flexibility index (Phi) is 3.52. The van der Waals surface area contributed by atoms with Crippen LogP contribution in [0.5, 0.6) is 0 Å². The van der Waals surface area contributed by atoms with Gasteiger partial charge in [-0.15, -0.1) is 0 Å². The number of carbonyl (C=O) groups excluding carboxylic acids is 1. The molecule has 0 fully saturated rings. The van der Waals surface area contributed by atoms with Crippen LogP contribution in [0.4, 0.5) is 5.69 Å². The molecule has 1 aromatic rings. The number of nitrogens with one attached hydrogen (secondary N) is 1. The Labute approximate surface area is 85.5 Å². The van der Waals surface area contributed by atoms with Gasteiger partial charge < -0.3 is 5.32 Å². The molecule has 12 heavy (non-hydrogen) atoms. The van der Waals surface area contributed by atoms with E-state index in [2.05, 4.69) is 5.32 Å². The van der Waals surface area contributed by atoms with Gasteiger partial charge in [0.2, 0.25) is 5.91 Å². The lowest BCUT2D eigenvalue weighted by atomic mass is 10.2. The maximum absolute atomic E-state index is 10.9. The van der Waals surface area contributed by atoms with Gasteiger partial charge in [0.15, 0.2) is 0 Å². The lowest BCUT2D eigenvalue weighted by Gasteiger charge is -2.02. The van der Waals surface area contributed by atoms with E-state index in [1.165, 1.54) is 5.56 Å². The van der Waals surface area contributed by atoms with Crippen LogP contribution in [0.1, 0.15) is 5.56 Å². The molecule has 3 heteroatoms. The average molecular weight is 275 g/mol. The second-order valence-electron chi connectivity index (χ2n) is 2.55. The largest absolute Gasteiger partial charge is 0.325 e. The Balaban J connectivity index is 2.64. The highest BCUT2D eigenvalue weighted by molar-refractivity contribution is 14.1. The van der Waals surface area contributed by atoms with Gasteiger partial charge in [-0.2, -0.15) is 0 Å². The fraction of sp³-hybridized carbons (Fsp3) is 0.222. The molecule has 0 saturated carbocycles. The first kappa shape index (κ1) is 9.51. The third-order valence-electron chi connectivity index (χ3n) is 1.46. The van der Waals surface area contributed by atoms with E-state index in [0.717, 1.165) is 5.69 Å². The van der Waals surface area contributed by atoms with Gasteiger partial charge in [-0.05, 0) is 19.1 Å². The topological polar surface area (TPSA) is 29.1 Å². The summed E-state index contributed by atoms with van der Waals surface area (Å²) in [6.45, 7) is 2.02. The molecule has 0 bridgehead atoms. The van der Waals surface area contributed by atoms with E-state index in [-0.39, 0.29) is 5.91 Å². The summed E-state index contributed by atoms with van der Waals surface area (Å²) >= 11 is 2.03. The van der Waals surface area contributed by atoms with Gasteiger partial charge in [-0.1, -0.05) is 40.3 Å². The predicted octanol–water partition coefficient (Wildman–Crippen LogP) is 2.37. The smallest absolute Gasteiger partial charge is 0.234 e. The van der Waals surface area contributed by atoms with Gasteiger partial charge in [0, 0.05) is 5.69 Å². The Morgan fingerprint density at radius 3 is 2.50 bits per heavy atom. The zero-order chi connectivity index (χ0) is 8.97. The molecule has 0 radical (unpaired) electrons. The molecule has 64 valence electrons. The van der Waals surface area contributed by atoms with Crippen LogP contribution >= 0.6 is 22.6 Å². The van der Waals surface area contributed by atoms with Crippen molar-refractivity contribution in [2.45, 2.75) is 6.92 Å². The minimum absolute atomic E-state index is 0.0412. The molecule has 0 saturated heterocycles. The predicted molar refractivity (Wildman–Crippen MR) is 58.7 cm³/mol. The van der Waals surface area contributed by atoms with E-state index < -0.39 is 0 Å². The first-order valence-electron chi connectivity index (χ1n) is 3.65. The fourth-order valence-electron chi connectivity index (χ4n) is 0.831. The van der Waals surface area contributed by atoms with Crippen LogP contribution in [0, 0.1) is 6.92 Å². The number of carbonyl (C=O) groups is 1. The first-order valence-corrected chi connectivity index (χ1v) is 5.17. The van der Waals surface area contributed by atoms with Crippen LogP contribution in [-0.2, 0) is 4.79 Å². The van der Waals surface area contributed by atoms with Crippen molar-refractivity contribution in [3.8, 4) is 0 Å². The molecule has 0 aliphatic carbocycles. The van der Waals surface area contributed by atoms with Gasteiger partial charge in [-0.3, -0.25) is 4.79 Å². The molecule has 2 nitrogen and oxygen atoms in total. The number of rotatable bonds is 2. The number of benzene rings is 1. The molecular weight excluding hydrogens is 265 g/mol. The Morgan fingerprint density at radius 1 is 1.42 bits per heavy atom. The Hall–Kier alpha value is -0.580. The normalized spacial score (nSPS) is 9.50. The van der Waals surface area contributed by atoms with Crippen LogP contribution in [-0.4, -0.2) is 10.3 Å². The van der Waals surface area contributed by atoms with Crippen molar-refractivity contribution in [2.24, 2.45) is 0 Å². The van der Waals surface area contributed by atoms with Gasteiger partial charge in [0.05, 0.1) is 4.43 Å². The van der Waals surface area contributed by atoms with Gasteiger partial charge in [0.25, 0.3) is 0 Å². The highest BCUT2D eigenvalue weighted by atomic mass is 127. The summed E-state index contributed by atoms with van der Waals surface area (Å²) in [6.07, 6.45) is 0. The summed E-state index contributed by atoms with van der Waals surface area (Å²) in [5, 5.41) is 2.77. The fourth-order valence-corrected chi connectivity index (χ4v) is 1.02. The number of anilines is 1. The van der Waals surface area contributed by atoms with Crippen LogP contribution in [0.3, 0.4) is 0 Å².